The SMILES string of the molecule is CCCN(CC(=O)O)C(=O)NC(C)CN1CCCC1. The predicted molar refractivity (Wildman–Crippen MR) is 73.2 cm³/mol. The molecule has 0 aromatic rings. The molecule has 6 heteroatoms. The largest absolute Gasteiger partial charge is 0.480 e. The second kappa shape index (κ2) is 7.99. The van der Waals surface area contributed by atoms with Gasteiger partial charge in [-0.2, -0.15) is 0 Å². The van der Waals surface area contributed by atoms with E-state index in [4.69, 9.17) is 5.11 Å². The summed E-state index contributed by atoms with van der Waals surface area (Å²) in [6.45, 7) is 7.13. The Balaban J connectivity index is 2.38. The summed E-state index contributed by atoms with van der Waals surface area (Å²) in [5.41, 5.74) is 0. The second-order valence-corrected chi connectivity index (χ2v) is 5.17. The number of aliphatic carboxylic acids is 1. The van der Waals surface area contributed by atoms with Gasteiger partial charge in [-0.25, -0.2) is 4.79 Å². The molecule has 0 spiro atoms. The van der Waals surface area contributed by atoms with E-state index in [-0.39, 0.29) is 18.6 Å². The molecule has 1 unspecified atom stereocenters. The molecule has 19 heavy (non-hydrogen) atoms. The molecule has 1 heterocycles. The molecule has 0 aromatic heterocycles. The number of nitrogens with one attached hydrogen (secondary N) is 1. The average molecular weight is 271 g/mol. The third-order valence-electron chi connectivity index (χ3n) is 3.21. The van der Waals surface area contributed by atoms with Crippen LogP contribution in [-0.4, -0.2) is 65.7 Å². The number of rotatable bonds is 7. The number of amides is 2. The summed E-state index contributed by atoms with van der Waals surface area (Å²) < 4.78 is 0. The molecule has 1 saturated heterocycles. The Bertz CT molecular complexity index is 304. The maximum absolute atomic E-state index is 12.0. The summed E-state index contributed by atoms with van der Waals surface area (Å²) in [4.78, 5) is 26.4. The van der Waals surface area contributed by atoms with Crippen LogP contribution in [0.1, 0.15) is 33.1 Å². The molecule has 2 amide bonds. The molecule has 1 aliphatic rings. The summed E-state index contributed by atoms with van der Waals surface area (Å²) in [6.07, 6.45) is 3.20. The lowest BCUT2D eigenvalue weighted by Crippen LogP contribution is -2.49. The highest BCUT2D eigenvalue weighted by Crippen LogP contribution is 2.07. The van der Waals surface area contributed by atoms with Crippen molar-refractivity contribution in [1.29, 1.82) is 0 Å². The first kappa shape index (κ1) is 15.8. The van der Waals surface area contributed by atoms with E-state index in [1.54, 1.807) is 0 Å². The summed E-state index contributed by atoms with van der Waals surface area (Å²) in [6, 6.07) is -0.241. The number of carbonyl (C=O) groups excluding carboxylic acids is 1. The van der Waals surface area contributed by atoms with Crippen molar-refractivity contribution in [2.75, 3.05) is 32.7 Å². The molecule has 1 atom stereocenters. The molecule has 2 N–H and O–H groups in total. The molecule has 0 aromatic carbocycles. The first-order chi connectivity index (χ1) is 9.02. The number of hydrogen-bond acceptors (Lipinski definition) is 3. The van der Waals surface area contributed by atoms with Crippen LogP contribution in [0.2, 0.25) is 0 Å². The third kappa shape index (κ3) is 5.92. The van der Waals surface area contributed by atoms with Crippen LogP contribution in [0, 0.1) is 0 Å². The molecule has 0 aliphatic carbocycles. The van der Waals surface area contributed by atoms with Gasteiger partial charge in [-0.15, -0.1) is 0 Å². The molecule has 0 bridgehead atoms. The Morgan fingerprint density at radius 3 is 2.53 bits per heavy atom. The zero-order valence-electron chi connectivity index (χ0n) is 11.9. The van der Waals surface area contributed by atoms with Crippen molar-refractivity contribution in [2.24, 2.45) is 0 Å². The fourth-order valence-corrected chi connectivity index (χ4v) is 2.39. The zero-order valence-corrected chi connectivity index (χ0v) is 11.9. The number of carboxylic acids is 1. The molecule has 1 rings (SSSR count). The van der Waals surface area contributed by atoms with Crippen molar-refractivity contribution >= 4 is 12.0 Å². The van der Waals surface area contributed by atoms with Gasteiger partial charge in [0.15, 0.2) is 0 Å². The maximum atomic E-state index is 12.0. The quantitative estimate of drug-likeness (QED) is 0.724. The fourth-order valence-electron chi connectivity index (χ4n) is 2.39. The molecule has 110 valence electrons. The monoisotopic (exact) mass is 271 g/mol. The van der Waals surface area contributed by atoms with Crippen LogP contribution >= 0.6 is 0 Å². The smallest absolute Gasteiger partial charge is 0.323 e. The van der Waals surface area contributed by atoms with Crippen LogP contribution in [0.3, 0.4) is 0 Å². The van der Waals surface area contributed by atoms with Crippen molar-refractivity contribution in [3.63, 3.8) is 0 Å². The molecule has 0 radical (unpaired) electrons. The predicted octanol–water partition coefficient (Wildman–Crippen LogP) is 0.977. The Morgan fingerprint density at radius 2 is 2.00 bits per heavy atom. The van der Waals surface area contributed by atoms with Crippen molar-refractivity contribution in [3.8, 4) is 0 Å². The number of nitrogens with zero attached hydrogens (tertiary/aromatic N) is 2. The Labute approximate surface area is 114 Å². The minimum absolute atomic E-state index is 0.0405. The van der Waals surface area contributed by atoms with E-state index in [9.17, 15) is 9.59 Å². The Hall–Kier alpha value is -1.30. The highest BCUT2D eigenvalue weighted by molar-refractivity contribution is 5.80. The number of carboxylic acid groups (broad SMARTS) is 1. The van der Waals surface area contributed by atoms with Gasteiger partial charge in [-0.3, -0.25) is 4.79 Å². The van der Waals surface area contributed by atoms with Gasteiger partial charge < -0.3 is 20.2 Å². The Morgan fingerprint density at radius 1 is 1.37 bits per heavy atom. The molecular weight excluding hydrogens is 246 g/mol. The summed E-state index contributed by atoms with van der Waals surface area (Å²) in [7, 11) is 0. The van der Waals surface area contributed by atoms with Crippen LogP contribution in [-0.2, 0) is 4.79 Å². The van der Waals surface area contributed by atoms with E-state index in [1.165, 1.54) is 17.7 Å². The number of hydrogen-bond donors (Lipinski definition) is 2. The normalized spacial score (nSPS) is 17.2. The summed E-state index contributed by atoms with van der Waals surface area (Å²) in [5, 5.41) is 11.7. The van der Waals surface area contributed by atoms with Gasteiger partial charge in [0.05, 0.1) is 0 Å². The van der Waals surface area contributed by atoms with E-state index in [0.717, 1.165) is 26.1 Å². The van der Waals surface area contributed by atoms with Crippen molar-refractivity contribution in [1.82, 2.24) is 15.1 Å². The van der Waals surface area contributed by atoms with Crippen molar-refractivity contribution in [3.05, 3.63) is 0 Å². The average Bonchev–Trinajstić information content (AvgIpc) is 2.80. The lowest BCUT2D eigenvalue weighted by atomic mass is 10.3. The first-order valence-electron chi connectivity index (χ1n) is 7.02. The molecule has 1 aliphatic heterocycles. The lowest BCUT2D eigenvalue weighted by molar-refractivity contribution is -0.137. The van der Waals surface area contributed by atoms with Crippen molar-refractivity contribution < 1.29 is 14.7 Å². The number of carbonyl (C=O) groups is 2. The maximum Gasteiger partial charge on any atom is 0.323 e. The van der Waals surface area contributed by atoms with Gasteiger partial charge >= 0.3 is 12.0 Å². The zero-order chi connectivity index (χ0) is 14.3. The van der Waals surface area contributed by atoms with Crippen molar-refractivity contribution in [2.45, 2.75) is 39.2 Å². The van der Waals surface area contributed by atoms with Crippen LogP contribution in [0.25, 0.3) is 0 Å². The number of likely N-dealkylation sites (tertiary alicyclic amines) is 1. The lowest BCUT2D eigenvalue weighted by Gasteiger charge is -2.25. The fraction of sp³-hybridized carbons (Fsp3) is 0.846. The van der Waals surface area contributed by atoms with Crippen LogP contribution < -0.4 is 5.32 Å². The molecular formula is C13H25N3O3. The summed E-state index contributed by atoms with van der Waals surface area (Å²) in [5.74, 6) is -0.976. The van der Waals surface area contributed by atoms with Crippen LogP contribution in [0.4, 0.5) is 4.79 Å². The molecule has 6 nitrogen and oxygen atoms in total. The van der Waals surface area contributed by atoms with E-state index < -0.39 is 5.97 Å². The van der Waals surface area contributed by atoms with E-state index >= 15 is 0 Å². The molecule has 1 fully saturated rings. The van der Waals surface area contributed by atoms with Gasteiger partial charge in [-0.1, -0.05) is 6.92 Å². The standard InChI is InChI=1S/C13H25N3O3/c1-3-6-16(10-12(17)18)13(19)14-11(2)9-15-7-4-5-8-15/h11H,3-10H2,1-2H3,(H,14,19)(H,17,18). The minimum Gasteiger partial charge on any atom is -0.480 e. The highest BCUT2D eigenvalue weighted by atomic mass is 16.4. The number of urea groups is 1. The van der Waals surface area contributed by atoms with Crippen LogP contribution in [0.15, 0.2) is 0 Å². The van der Waals surface area contributed by atoms with E-state index in [2.05, 4.69) is 10.2 Å². The second-order valence-electron chi connectivity index (χ2n) is 5.17. The topological polar surface area (TPSA) is 72.9 Å². The van der Waals surface area contributed by atoms with Gasteiger partial charge in [0, 0.05) is 19.1 Å². The van der Waals surface area contributed by atoms with E-state index in [0.29, 0.717) is 6.54 Å². The highest BCUT2D eigenvalue weighted by Gasteiger charge is 2.20. The van der Waals surface area contributed by atoms with Gasteiger partial charge in [0.25, 0.3) is 0 Å². The van der Waals surface area contributed by atoms with E-state index in [1.807, 2.05) is 13.8 Å². The van der Waals surface area contributed by atoms with Gasteiger partial charge in [-0.05, 0) is 39.3 Å². The van der Waals surface area contributed by atoms with Crippen LogP contribution in [0.5, 0.6) is 0 Å². The third-order valence-corrected chi connectivity index (χ3v) is 3.21. The van der Waals surface area contributed by atoms with Gasteiger partial charge in [0.1, 0.15) is 6.54 Å². The first-order valence-corrected chi connectivity index (χ1v) is 7.02. The minimum atomic E-state index is -0.976. The molecule has 0 saturated carbocycles. The van der Waals surface area contributed by atoms with Gasteiger partial charge in [0.2, 0.25) is 0 Å². The Kier molecular flexibility index (Phi) is 6.62. The summed E-state index contributed by atoms with van der Waals surface area (Å²) >= 11 is 0.